The molecule has 1 fully saturated rings. The van der Waals surface area contributed by atoms with Gasteiger partial charge in [-0.05, 0) is 92.6 Å². The molecule has 0 aliphatic carbocycles. The molecule has 170 valence electrons. The number of aromatic amines is 1. The number of piperidine rings is 1. The van der Waals surface area contributed by atoms with Crippen molar-refractivity contribution in [3.05, 3.63) is 88.7 Å². The van der Waals surface area contributed by atoms with Crippen LogP contribution in [0.2, 0.25) is 0 Å². The van der Waals surface area contributed by atoms with Gasteiger partial charge < -0.3 is 4.98 Å². The van der Waals surface area contributed by atoms with Crippen molar-refractivity contribution >= 4 is 10.9 Å². The number of nitrogens with zero attached hydrogens (tertiary/aromatic N) is 2. The van der Waals surface area contributed by atoms with Gasteiger partial charge in [-0.3, -0.25) is 9.88 Å². The lowest BCUT2D eigenvalue weighted by molar-refractivity contribution is 0.204. The number of aryl methyl sites for hydroxylation is 2. The van der Waals surface area contributed by atoms with E-state index in [9.17, 15) is 0 Å². The Hall–Kier alpha value is -2.91. The van der Waals surface area contributed by atoms with Gasteiger partial charge in [-0.25, -0.2) is 0 Å². The van der Waals surface area contributed by atoms with E-state index < -0.39 is 0 Å². The molecule has 1 saturated heterocycles. The SMILES string of the molecule is Cc1cc(-c2[nH]c3ccc(C4CCN(Cc5ccccc5)CC4)cc3c2C(C)C)cc(C)n1. The molecular weight excluding hydrogens is 402 g/mol. The Labute approximate surface area is 197 Å². The number of H-pyrrole nitrogens is 1. The summed E-state index contributed by atoms with van der Waals surface area (Å²) in [6.45, 7) is 12.2. The van der Waals surface area contributed by atoms with Crippen molar-refractivity contribution in [1.82, 2.24) is 14.9 Å². The molecule has 0 amide bonds. The summed E-state index contributed by atoms with van der Waals surface area (Å²) in [4.78, 5) is 10.9. The quantitative estimate of drug-likeness (QED) is 0.354. The fourth-order valence-corrected chi connectivity index (χ4v) is 5.56. The van der Waals surface area contributed by atoms with Gasteiger partial charge in [0.15, 0.2) is 0 Å². The third-order valence-electron chi connectivity index (χ3n) is 7.12. The van der Waals surface area contributed by atoms with Crippen LogP contribution in [-0.2, 0) is 6.54 Å². The first kappa shape index (κ1) is 21.9. The molecular formula is C30H35N3. The molecule has 1 aliphatic heterocycles. The third-order valence-corrected chi connectivity index (χ3v) is 7.12. The maximum atomic E-state index is 4.58. The number of likely N-dealkylation sites (tertiary alicyclic amines) is 1. The summed E-state index contributed by atoms with van der Waals surface area (Å²) in [5.41, 5.74) is 10.2. The highest BCUT2D eigenvalue weighted by Gasteiger charge is 2.23. The average molecular weight is 438 g/mol. The lowest BCUT2D eigenvalue weighted by Crippen LogP contribution is -2.32. The predicted octanol–water partition coefficient (Wildman–Crippen LogP) is 7.35. The molecule has 0 bridgehead atoms. The summed E-state index contributed by atoms with van der Waals surface area (Å²) in [7, 11) is 0. The van der Waals surface area contributed by atoms with Crippen LogP contribution < -0.4 is 0 Å². The molecule has 0 spiro atoms. The van der Waals surface area contributed by atoms with Crippen LogP contribution in [0.1, 0.15) is 66.6 Å². The second kappa shape index (κ2) is 9.15. The second-order valence-corrected chi connectivity index (χ2v) is 10.0. The summed E-state index contributed by atoms with van der Waals surface area (Å²) < 4.78 is 0. The van der Waals surface area contributed by atoms with Crippen LogP contribution in [0.4, 0.5) is 0 Å². The van der Waals surface area contributed by atoms with Crippen LogP contribution in [0.25, 0.3) is 22.2 Å². The molecule has 1 aliphatic rings. The van der Waals surface area contributed by atoms with Gasteiger partial charge in [0, 0.05) is 34.4 Å². The van der Waals surface area contributed by atoms with E-state index in [0.29, 0.717) is 11.8 Å². The van der Waals surface area contributed by atoms with Gasteiger partial charge in [0.1, 0.15) is 0 Å². The van der Waals surface area contributed by atoms with E-state index in [1.54, 1.807) is 0 Å². The number of hydrogen-bond donors (Lipinski definition) is 1. The Morgan fingerprint density at radius 3 is 2.30 bits per heavy atom. The minimum atomic E-state index is 0.450. The van der Waals surface area contributed by atoms with Crippen molar-refractivity contribution in [3.8, 4) is 11.3 Å². The van der Waals surface area contributed by atoms with Crippen LogP contribution >= 0.6 is 0 Å². The first-order valence-corrected chi connectivity index (χ1v) is 12.4. The number of aromatic nitrogens is 2. The fourth-order valence-electron chi connectivity index (χ4n) is 5.56. The molecule has 3 nitrogen and oxygen atoms in total. The number of rotatable bonds is 5. The minimum absolute atomic E-state index is 0.450. The summed E-state index contributed by atoms with van der Waals surface area (Å²) in [6.07, 6.45) is 2.46. The van der Waals surface area contributed by atoms with E-state index in [0.717, 1.165) is 17.9 Å². The highest BCUT2D eigenvalue weighted by atomic mass is 15.1. The summed E-state index contributed by atoms with van der Waals surface area (Å²) >= 11 is 0. The first-order chi connectivity index (χ1) is 16.0. The van der Waals surface area contributed by atoms with Crippen LogP contribution in [0.5, 0.6) is 0 Å². The second-order valence-electron chi connectivity index (χ2n) is 10.0. The Bertz CT molecular complexity index is 1220. The Morgan fingerprint density at radius 1 is 0.939 bits per heavy atom. The summed E-state index contributed by atoms with van der Waals surface area (Å²) in [5.74, 6) is 1.09. The van der Waals surface area contributed by atoms with E-state index in [1.807, 2.05) is 0 Å². The molecule has 3 heterocycles. The van der Waals surface area contributed by atoms with Gasteiger partial charge in [0.2, 0.25) is 0 Å². The highest BCUT2D eigenvalue weighted by Crippen LogP contribution is 2.38. The molecule has 5 rings (SSSR count). The molecule has 33 heavy (non-hydrogen) atoms. The van der Waals surface area contributed by atoms with Crippen LogP contribution in [0.3, 0.4) is 0 Å². The van der Waals surface area contributed by atoms with Crippen molar-refractivity contribution in [2.75, 3.05) is 13.1 Å². The van der Waals surface area contributed by atoms with Crippen molar-refractivity contribution in [2.45, 2.75) is 58.9 Å². The number of pyridine rings is 1. The molecule has 1 N–H and O–H groups in total. The molecule has 4 aromatic rings. The maximum absolute atomic E-state index is 4.58. The fraction of sp³-hybridized carbons (Fsp3) is 0.367. The molecule has 0 atom stereocenters. The standard InChI is InChI=1S/C30H35N3/c1-20(2)29-27-18-25(24-12-14-33(15-13-24)19-23-8-6-5-7-9-23)10-11-28(27)32-30(29)26-16-21(3)31-22(4)17-26/h5-11,16-18,20,24,32H,12-15,19H2,1-4H3. The lowest BCUT2D eigenvalue weighted by atomic mass is 9.87. The Kier molecular flexibility index (Phi) is 6.07. The van der Waals surface area contributed by atoms with E-state index in [-0.39, 0.29) is 0 Å². The van der Waals surface area contributed by atoms with E-state index in [2.05, 4.69) is 103 Å². The van der Waals surface area contributed by atoms with Gasteiger partial charge in [0.25, 0.3) is 0 Å². The smallest absolute Gasteiger partial charge is 0.0501 e. The van der Waals surface area contributed by atoms with Crippen molar-refractivity contribution in [2.24, 2.45) is 0 Å². The zero-order chi connectivity index (χ0) is 22.9. The van der Waals surface area contributed by atoms with Crippen molar-refractivity contribution in [3.63, 3.8) is 0 Å². The lowest BCUT2D eigenvalue weighted by Gasteiger charge is -2.32. The van der Waals surface area contributed by atoms with E-state index in [1.165, 1.54) is 64.8 Å². The van der Waals surface area contributed by atoms with Gasteiger partial charge in [-0.2, -0.15) is 0 Å². The van der Waals surface area contributed by atoms with Gasteiger partial charge >= 0.3 is 0 Å². The van der Waals surface area contributed by atoms with Crippen molar-refractivity contribution in [1.29, 1.82) is 0 Å². The Morgan fingerprint density at radius 2 is 1.64 bits per heavy atom. The summed E-state index contributed by atoms with van der Waals surface area (Å²) in [6, 6.07) is 22.4. The van der Waals surface area contributed by atoms with Gasteiger partial charge in [-0.15, -0.1) is 0 Å². The highest BCUT2D eigenvalue weighted by molar-refractivity contribution is 5.92. The predicted molar refractivity (Wildman–Crippen MR) is 139 cm³/mol. The zero-order valence-corrected chi connectivity index (χ0v) is 20.4. The monoisotopic (exact) mass is 437 g/mol. The van der Waals surface area contributed by atoms with Crippen molar-refractivity contribution < 1.29 is 0 Å². The van der Waals surface area contributed by atoms with Crippen LogP contribution in [-0.4, -0.2) is 28.0 Å². The maximum Gasteiger partial charge on any atom is 0.0501 e. The van der Waals surface area contributed by atoms with Crippen LogP contribution in [0, 0.1) is 13.8 Å². The molecule has 2 aromatic carbocycles. The molecule has 3 heteroatoms. The number of hydrogen-bond acceptors (Lipinski definition) is 2. The van der Waals surface area contributed by atoms with E-state index >= 15 is 0 Å². The summed E-state index contributed by atoms with van der Waals surface area (Å²) in [5, 5.41) is 1.39. The minimum Gasteiger partial charge on any atom is -0.354 e. The average Bonchev–Trinajstić information content (AvgIpc) is 3.19. The molecule has 2 aromatic heterocycles. The molecule has 0 radical (unpaired) electrons. The molecule has 0 unspecified atom stereocenters. The third kappa shape index (κ3) is 4.60. The van der Waals surface area contributed by atoms with Crippen LogP contribution in [0.15, 0.2) is 60.7 Å². The molecule has 0 saturated carbocycles. The number of fused-ring (bicyclic) bond motifs is 1. The Balaban J connectivity index is 1.41. The van der Waals surface area contributed by atoms with Gasteiger partial charge in [0.05, 0.1) is 5.69 Å². The topological polar surface area (TPSA) is 31.9 Å². The zero-order valence-electron chi connectivity index (χ0n) is 20.4. The first-order valence-electron chi connectivity index (χ1n) is 12.4. The largest absolute Gasteiger partial charge is 0.354 e. The van der Waals surface area contributed by atoms with Gasteiger partial charge in [-0.1, -0.05) is 50.2 Å². The number of nitrogens with one attached hydrogen (secondary N) is 1. The normalized spacial score (nSPS) is 15.5. The number of benzene rings is 2. The van der Waals surface area contributed by atoms with E-state index in [4.69, 9.17) is 0 Å².